The van der Waals surface area contributed by atoms with E-state index in [4.69, 9.17) is 4.74 Å². The Morgan fingerprint density at radius 1 is 1.10 bits per heavy atom. The second kappa shape index (κ2) is 8.33. The minimum absolute atomic E-state index is 0.107. The number of rotatable bonds is 3. The van der Waals surface area contributed by atoms with Crippen molar-refractivity contribution >= 4 is 17.7 Å². The van der Waals surface area contributed by atoms with Crippen LogP contribution in [0, 0.1) is 0 Å². The van der Waals surface area contributed by atoms with Crippen LogP contribution in [0.3, 0.4) is 0 Å². The van der Waals surface area contributed by atoms with Crippen molar-refractivity contribution in [3.05, 3.63) is 34.9 Å². The lowest BCUT2D eigenvalue weighted by Crippen LogP contribution is -2.52. The number of amides is 3. The molecule has 1 atom stereocenters. The van der Waals surface area contributed by atoms with Crippen molar-refractivity contribution in [1.29, 1.82) is 0 Å². The van der Waals surface area contributed by atoms with Gasteiger partial charge in [-0.1, -0.05) is 12.1 Å². The highest BCUT2D eigenvalue weighted by Gasteiger charge is 2.42. The van der Waals surface area contributed by atoms with Gasteiger partial charge in [-0.2, -0.15) is 0 Å². The molecule has 1 aromatic rings. The molecule has 166 valence electrons. The molecule has 8 nitrogen and oxygen atoms in total. The number of imide groups is 1. The van der Waals surface area contributed by atoms with Crippen LogP contribution < -0.4 is 10.6 Å². The van der Waals surface area contributed by atoms with Gasteiger partial charge in [0.05, 0.1) is 0 Å². The van der Waals surface area contributed by atoms with Gasteiger partial charge in [0.2, 0.25) is 11.8 Å². The SMILES string of the molecule is O=C1CCC(N2Cc3c(CN4CCNCCC45CCOCC5)cccc3C2=O)C(=O)N1. The van der Waals surface area contributed by atoms with Gasteiger partial charge < -0.3 is 15.0 Å². The number of ether oxygens (including phenoxy) is 1. The standard InChI is InChI=1S/C23H30N4O4/c28-20-5-4-19(21(29)25-20)27-15-18-16(2-1-3-17(18)22(27)30)14-26-11-10-24-9-6-23(26)7-12-31-13-8-23/h1-3,19,24H,4-15H2,(H,25,28,29). The number of piperidine rings is 1. The Labute approximate surface area is 182 Å². The fourth-order valence-corrected chi connectivity index (χ4v) is 5.62. The minimum atomic E-state index is -0.574. The van der Waals surface area contributed by atoms with Gasteiger partial charge in [0, 0.05) is 56.9 Å². The number of carbonyl (C=O) groups is 3. The zero-order valence-electron chi connectivity index (χ0n) is 17.8. The van der Waals surface area contributed by atoms with E-state index in [9.17, 15) is 14.4 Å². The van der Waals surface area contributed by atoms with Crippen LogP contribution in [0.1, 0.15) is 53.6 Å². The van der Waals surface area contributed by atoms with Gasteiger partial charge in [-0.15, -0.1) is 0 Å². The first kappa shape index (κ1) is 20.6. The number of hydrogen-bond donors (Lipinski definition) is 2. The first-order valence-corrected chi connectivity index (χ1v) is 11.4. The van der Waals surface area contributed by atoms with Gasteiger partial charge in [-0.3, -0.25) is 24.6 Å². The minimum Gasteiger partial charge on any atom is -0.381 e. The van der Waals surface area contributed by atoms with E-state index in [-0.39, 0.29) is 29.7 Å². The molecule has 31 heavy (non-hydrogen) atoms. The fraction of sp³-hybridized carbons (Fsp3) is 0.609. The molecule has 0 aromatic heterocycles. The van der Waals surface area contributed by atoms with Crippen LogP contribution in [0.25, 0.3) is 0 Å². The maximum atomic E-state index is 13.1. The third-order valence-corrected chi connectivity index (χ3v) is 7.46. The highest BCUT2D eigenvalue weighted by molar-refractivity contribution is 6.05. The van der Waals surface area contributed by atoms with E-state index in [0.29, 0.717) is 18.5 Å². The lowest BCUT2D eigenvalue weighted by atomic mass is 9.84. The molecule has 0 aliphatic carbocycles. The Balaban J connectivity index is 1.40. The van der Waals surface area contributed by atoms with Crippen molar-refractivity contribution in [3.8, 4) is 0 Å². The van der Waals surface area contributed by atoms with E-state index in [0.717, 1.165) is 69.8 Å². The quantitative estimate of drug-likeness (QED) is 0.695. The Kier molecular flexibility index (Phi) is 5.54. The van der Waals surface area contributed by atoms with E-state index in [1.54, 1.807) is 4.90 Å². The second-order valence-electron chi connectivity index (χ2n) is 9.10. The van der Waals surface area contributed by atoms with Crippen LogP contribution >= 0.6 is 0 Å². The van der Waals surface area contributed by atoms with Crippen molar-refractivity contribution in [3.63, 3.8) is 0 Å². The van der Waals surface area contributed by atoms with Gasteiger partial charge in [0.25, 0.3) is 5.91 Å². The Hall–Kier alpha value is -2.29. The molecule has 1 aromatic carbocycles. The van der Waals surface area contributed by atoms with Gasteiger partial charge >= 0.3 is 0 Å². The third-order valence-electron chi connectivity index (χ3n) is 7.46. The average molecular weight is 427 g/mol. The molecule has 3 saturated heterocycles. The van der Waals surface area contributed by atoms with Crippen LogP contribution in [0.15, 0.2) is 18.2 Å². The van der Waals surface area contributed by atoms with E-state index < -0.39 is 6.04 Å². The molecule has 5 rings (SSSR count). The molecule has 1 unspecified atom stereocenters. The Morgan fingerprint density at radius 3 is 2.74 bits per heavy atom. The molecule has 4 aliphatic heterocycles. The number of nitrogens with zero attached hydrogens (tertiary/aromatic N) is 2. The molecular weight excluding hydrogens is 396 g/mol. The molecule has 2 N–H and O–H groups in total. The number of fused-ring (bicyclic) bond motifs is 1. The topological polar surface area (TPSA) is 91.0 Å². The number of benzene rings is 1. The zero-order chi connectivity index (χ0) is 21.4. The summed E-state index contributed by atoms with van der Waals surface area (Å²) < 4.78 is 5.66. The van der Waals surface area contributed by atoms with E-state index in [1.165, 1.54) is 0 Å². The lowest BCUT2D eigenvalue weighted by Gasteiger charge is -2.45. The van der Waals surface area contributed by atoms with Crippen LogP contribution in [0.4, 0.5) is 0 Å². The molecule has 3 amide bonds. The molecular formula is C23H30N4O4. The van der Waals surface area contributed by atoms with Gasteiger partial charge in [-0.05, 0) is 49.4 Å². The molecule has 0 radical (unpaired) electrons. The average Bonchev–Trinajstić information content (AvgIpc) is 2.99. The predicted molar refractivity (Wildman–Crippen MR) is 113 cm³/mol. The van der Waals surface area contributed by atoms with Crippen LogP contribution in [0.2, 0.25) is 0 Å². The maximum Gasteiger partial charge on any atom is 0.255 e. The summed E-state index contributed by atoms with van der Waals surface area (Å²) >= 11 is 0. The maximum absolute atomic E-state index is 13.1. The molecule has 0 saturated carbocycles. The second-order valence-corrected chi connectivity index (χ2v) is 9.10. The first-order chi connectivity index (χ1) is 15.1. The highest BCUT2D eigenvalue weighted by atomic mass is 16.5. The number of hydrogen-bond acceptors (Lipinski definition) is 6. The highest BCUT2D eigenvalue weighted by Crippen LogP contribution is 2.36. The van der Waals surface area contributed by atoms with Gasteiger partial charge in [0.15, 0.2) is 0 Å². The van der Waals surface area contributed by atoms with E-state index >= 15 is 0 Å². The Morgan fingerprint density at radius 2 is 1.94 bits per heavy atom. The van der Waals surface area contributed by atoms with Crippen molar-refractivity contribution in [2.75, 3.05) is 32.8 Å². The van der Waals surface area contributed by atoms with Crippen molar-refractivity contribution in [1.82, 2.24) is 20.4 Å². The number of carbonyl (C=O) groups excluding carboxylic acids is 3. The zero-order valence-corrected chi connectivity index (χ0v) is 17.8. The fourth-order valence-electron chi connectivity index (χ4n) is 5.62. The first-order valence-electron chi connectivity index (χ1n) is 11.4. The van der Waals surface area contributed by atoms with Gasteiger partial charge in [-0.25, -0.2) is 0 Å². The van der Waals surface area contributed by atoms with E-state index in [2.05, 4.69) is 21.6 Å². The normalized spacial score (nSPS) is 26.6. The van der Waals surface area contributed by atoms with Crippen LogP contribution in [-0.4, -0.2) is 72.0 Å². The van der Waals surface area contributed by atoms with Crippen LogP contribution in [-0.2, 0) is 27.4 Å². The number of nitrogens with one attached hydrogen (secondary N) is 2. The molecule has 3 fully saturated rings. The smallest absolute Gasteiger partial charge is 0.255 e. The summed E-state index contributed by atoms with van der Waals surface area (Å²) in [7, 11) is 0. The van der Waals surface area contributed by atoms with Crippen molar-refractivity contribution in [2.45, 2.75) is 56.8 Å². The lowest BCUT2D eigenvalue weighted by molar-refractivity contribution is -0.136. The van der Waals surface area contributed by atoms with Gasteiger partial charge in [0.1, 0.15) is 6.04 Å². The molecule has 4 aliphatic rings. The Bertz CT molecular complexity index is 896. The summed E-state index contributed by atoms with van der Waals surface area (Å²) in [6.07, 6.45) is 3.83. The monoisotopic (exact) mass is 426 g/mol. The van der Waals surface area contributed by atoms with E-state index in [1.807, 2.05) is 12.1 Å². The molecule has 4 heterocycles. The summed E-state index contributed by atoms with van der Waals surface area (Å²) in [4.78, 5) is 41.3. The molecule has 8 heteroatoms. The summed E-state index contributed by atoms with van der Waals surface area (Å²) in [6.45, 7) is 5.76. The molecule has 1 spiro atoms. The van der Waals surface area contributed by atoms with Crippen molar-refractivity contribution < 1.29 is 19.1 Å². The summed E-state index contributed by atoms with van der Waals surface area (Å²) in [6, 6.07) is 5.36. The van der Waals surface area contributed by atoms with Crippen molar-refractivity contribution in [2.24, 2.45) is 0 Å². The molecule has 0 bridgehead atoms. The summed E-state index contributed by atoms with van der Waals surface area (Å²) in [5, 5.41) is 5.92. The third kappa shape index (κ3) is 3.77. The largest absolute Gasteiger partial charge is 0.381 e. The summed E-state index contributed by atoms with van der Waals surface area (Å²) in [5.74, 6) is -0.731. The van der Waals surface area contributed by atoms with Crippen LogP contribution in [0.5, 0.6) is 0 Å². The predicted octanol–water partition coefficient (Wildman–Crippen LogP) is 0.792. The summed E-state index contributed by atoms with van der Waals surface area (Å²) in [5.41, 5.74) is 3.01.